The zero-order valence-electron chi connectivity index (χ0n) is 16.4. The number of halogens is 1. The Morgan fingerprint density at radius 3 is 2.70 bits per heavy atom. The van der Waals surface area contributed by atoms with E-state index in [4.69, 9.17) is 20.8 Å². The van der Waals surface area contributed by atoms with E-state index in [0.717, 1.165) is 27.6 Å². The van der Waals surface area contributed by atoms with E-state index in [0.29, 0.717) is 23.4 Å². The summed E-state index contributed by atoms with van der Waals surface area (Å²) in [4.78, 5) is 5.41. The molecule has 0 bridgehead atoms. The Balaban J connectivity index is 1.57. The van der Waals surface area contributed by atoms with Crippen LogP contribution in [0.2, 0.25) is 5.02 Å². The van der Waals surface area contributed by atoms with Gasteiger partial charge in [-0.2, -0.15) is 0 Å². The number of furan rings is 1. The number of hydrogen-bond donors (Lipinski definition) is 3. The van der Waals surface area contributed by atoms with Crippen LogP contribution in [0.25, 0.3) is 10.6 Å². The summed E-state index contributed by atoms with van der Waals surface area (Å²) >= 11 is 7.95. The van der Waals surface area contributed by atoms with Gasteiger partial charge < -0.3 is 24.5 Å². The highest BCUT2D eigenvalue weighted by Crippen LogP contribution is 2.36. The van der Waals surface area contributed by atoms with E-state index < -0.39 is 30.5 Å². The van der Waals surface area contributed by atoms with Crippen LogP contribution < -0.4 is 0 Å². The van der Waals surface area contributed by atoms with Crippen molar-refractivity contribution in [3.63, 3.8) is 0 Å². The minimum Gasteiger partial charge on any atom is -0.463 e. The van der Waals surface area contributed by atoms with Crippen molar-refractivity contribution in [2.75, 3.05) is 0 Å². The van der Waals surface area contributed by atoms with Gasteiger partial charge in [0.25, 0.3) is 0 Å². The fraction of sp³-hybridized carbons (Fsp3) is 0.409. The van der Waals surface area contributed by atoms with Crippen molar-refractivity contribution in [2.45, 2.75) is 56.7 Å². The minimum absolute atomic E-state index is 0.518. The number of thiazole rings is 1. The van der Waals surface area contributed by atoms with E-state index in [1.807, 2.05) is 25.1 Å². The molecule has 0 radical (unpaired) electrons. The second-order valence-corrected chi connectivity index (χ2v) is 9.00. The Labute approximate surface area is 183 Å². The first kappa shape index (κ1) is 21.5. The molecule has 0 spiro atoms. The summed E-state index contributed by atoms with van der Waals surface area (Å²) in [5.74, 6) is 0.770. The molecule has 3 heterocycles. The summed E-state index contributed by atoms with van der Waals surface area (Å²) in [5, 5.41) is 32.5. The number of nitrogens with zero attached hydrogens (tertiary/aromatic N) is 1. The number of rotatable bonds is 6. The number of hydrogen-bond acceptors (Lipinski definition) is 7. The van der Waals surface area contributed by atoms with Crippen LogP contribution in [-0.2, 0) is 11.2 Å². The van der Waals surface area contributed by atoms with E-state index in [-0.39, 0.29) is 0 Å². The third kappa shape index (κ3) is 4.32. The van der Waals surface area contributed by atoms with Gasteiger partial charge in [0.15, 0.2) is 0 Å². The topological polar surface area (TPSA) is 96.0 Å². The minimum atomic E-state index is -1.27. The van der Waals surface area contributed by atoms with Gasteiger partial charge >= 0.3 is 0 Å². The zero-order chi connectivity index (χ0) is 21.3. The zero-order valence-corrected chi connectivity index (χ0v) is 18.0. The van der Waals surface area contributed by atoms with Crippen molar-refractivity contribution in [2.24, 2.45) is 0 Å². The molecular formula is C22H24ClNO5S. The van der Waals surface area contributed by atoms with Crippen molar-refractivity contribution in [1.82, 2.24) is 4.98 Å². The van der Waals surface area contributed by atoms with E-state index in [2.05, 4.69) is 4.98 Å². The van der Waals surface area contributed by atoms with Crippen molar-refractivity contribution in [3.05, 3.63) is 63.9 Å². The summed E-state index contributed by atoms with van der Waals surface area (Å²) in [5.41, 5.74) is 1.55. The summed E-state index contributed by atoms with van der Waals surface area (Å²) in [6, 6.07) is 9.14. The molecule has 8 heteroatoms. The predicted molar refractivity (Wildman–Crippen MR) is 115 cm³/mol. The molecule has 4 rings (SSSR count). The second kappa shape index (κ2) is 9.18. The summed E-state index contributed by atoms with van der Waals surface area (Å²) < 4.78 is 11.4. The van der Waals surface area contributed by atoms with Gasteiger partial charge in [0.1, 0.15) is 30.2 Å². The normalized spacial score (nSPS) is 26.8. The molecule has 1 fully saturated rings. The van der Waals surface area contributed by atoms with E-state index in [9.17, 15) is 15.3 Å². The predicted octanol–water partition coefficient (Wildman–Crippen LogP) is 3.97. The third-order valence-corrected chi connectivity index (χ3v) is 6.72. The Kier molecular flexibility index (Phi) is 6.57. The lowest BCUT2D eigenvalue weighted by Crippen LogP contribution is -2.54. The van der Waals surface area contributed by atoms with Crippen LogP contribution in [0.5, 0.6) is 0 Å². The van der Waals surface area contributed by atoms with Crippen molar-refractivity contribution in [1.29, 1.82) is 0 Å². The van der Waals surface area contributed by atoms with E-state index in [1.54, 1.807) is 24.6 Å². The van der Waals surface area contributed by atoms with Gasteiger partial charge in [0.2, 0.25) is 0 Å². The molecule has 0 unspecified atom stereocenters. The molecule has 30 heavy (non-hydrogen) atoms. The van der Waals surface area contributed by atoms with Gasteiger partial charge in [-0.05, 0) is 35.7 Å². The van der Waals surface area contributed by atoms with Gasteiger partial charge in [-0.1, -0.05) is 37.1 Å². The smallest absolute Gasteiger partial charge is 0.145 e. The first-order valence-electron chi connectivity index (χ1n) is 9.94. The Hall–Kier alpha value is -1.74. The number of aliphatic hydroxyl groups is 3. The number of benzene rings is 1. The Bertz CT molecular complexity index is 976. The summed E-state index contributed by atoms with van der Waals surface area (Å²) in [7, 11) is 0. The molecule has 160 valence electrons. The Morgan fingerprint density at radius 1 is 1.13 bits per heavy atom. The molecule has 5 atom stereocenters. The fourth-order valence-corrected chi connectivity index (χ4v) is 4.84. The maximum atomic E-state index is 10.5. The van der Waals surface area contributed by atoms with Gasteiger partial charge in [-0.3, -0.25) is 0 Å². The third-order valence-electron chi connectivity index (χ3n) is 5.34. The molecule has 0 amide bonds. The molecule has 0 aliphatic carbocycles. The fourth-order valence-electron chi connectivity index (χ4n) is 3.74. The molecule has 3 aromatic rings. The van der Waals surface area contributed by atoms with Crippen molar-refractivity contribution in [3.8, 4) is 10.6 Å². The molecule has 2 aromatic heterocycles. The molecule has 3 N–H and O–H groups in total. The summed E-state index contributed by atoms with van der Waals surface area (Å²) in [6.45, 7) is 1.98. The highest BCUT2D eigenvalue weighted by Gasteiger charge is 2.43. The van der Waals surface area contributed by atoms with Gasteiger partial charge in [0.05, 0.1) is 22.3 Å². The van der Waals surface area contributed by atoms with Gasteiger partial charge in [0, 0.05) is 17.6 Å². The highest BCUT2D eigenvalue weighted by molar-refractivity contribution is 7.15. The van der Waals surface area contributed by atoms with Crippen molar-refractivity contribution < 1.29 is 24.5 Å². The average molecular weight is 450 g/mol. The highest BCUT2D eigenvalue weighted by atomic mass is 35.5. The molecule has 1 aromatic carbocycles. The number of aliphatic hydroxyl groups excluding tert-OH is 3. The Morgan fingerprint density at radius 2 is 1.97 bits per heavy atom. The lowest BCUT2D eigenvalue weighted by molar-refractivity contribution is -0.226. The van der Waals surface area contributed by atoms with Crippen LogP contribution in [0.1, 0.15) is 42.0 Å². The maximum Gasteiger partial charge on any atom is 0.145 e. The monoisotopic (exact) mass is 449 g/mol. The van der Waals surface area contributed by atoms with Crippen LogP contribution in [0, 0.1) is 0 Å². The summed E-state index contributed by atoms with van der Waals surface area (Å²) in [6.07, 6.45) is 0.421. The lowest BCUT2D eigenvalue weighted by Gasteiger charge is -2.41. The second-order valence-electron chi connectivity index (χ2n) is 7.48. The number of ether oxygens (including phenoxy) is 1. The molecule has 1 aliphatic rings. The van der Waals surface area contributed by atoms with Crippen LogP contribution in [0.4, 0.5) is 0 Å². The lowest BCUT2D eigenvalue weighted by atomic mass is 9.89. The van der Waals surface area contributed by atoms with E-state index in [1.165, 1.54) is 11.3 Å². The standard InChI is InChI=1S/C22H24ClNO5S/c1-2-4-16-19(25)20(26)21(27)22(29-16)12-6-7-14(23)13(9-12)10-18-24-11-17(30-18)15-5-3-8-28-15/h3,5-9,11,16,19-22,25-27H,2,4,10H2,1H3/t16-,19-,20-,21-,22+/m1/s1. The molecule has 1 saturated heterocycles. The first-order chi connectivity index (χ1) is 14.5. The SMILES string of the molecule is CCC[C@H]1O[C@@H](c2ccc(Cl)c(Cc3ncc(-c4ccco4)s3)c2)[C@H](O)[C@H](O)[C@@H]1O. The van der Waals surface area contributed by atoms with Crippen molar-refractivity contribution >= 4 is 22.9 Å². The largest absolute Gasteiger partial charge is 0.463 e. The number of aromatic nitrogens is 1. The van der Waals surface area contributed by atoms with Gasteiger partial charge in [-0.15, -0.1) is 11.3 Å². The van der Waals surface area contributed by atoms with Crippen LogP contribution >= 0.6 is 22.9 Å². The molecule has 6 nitrogen and oxygen atoms in total. The average Bonchev–Trinajstić information content (AvgIpc) is 3.42. The van der Waals surface area contributed by atoms with Crippen LogP contribution in [0.15, 0.2) is 47.2 Å². The molecule has 0 saturated carbocycles. The van der Waals surface area contributed by atoms with E-state index >= 15 is 0 Å². The van der Waals surface area contributed by atoms with Crippen LogP contribution in [0.3, 0.4) is 0 Å². The quantitative estimate of drug-likeness (QED) is 0.527. The molecule has 1 aliphatic heterocycles. The van der Waals surface area contributed by atoms with Gasteiger partial charge in [-0.25, -0.2) is 4.98 Å². The first-order valence-corrected chi connectivity index (χ1v) is 11.1. The maximum absolute atomic E-state index is 10.5. The molecular weight excluding hydrogens is 426 g/mol. The van der Waals surface area contributed by atoms with Crippen LogP contribution in [-0.4, -0.2) is 44.7 Å².